The van der Waals surface area contributed by atoms with Gasteiger partial charge in [0.2, 0.25) is 0 Å². The first-order valence-electron chi connectivity index (χ1n) is 9.67. The quantitative estimate of drug-likeness (QED) is 0.792. The lowest BCUT2D eigenvalue weighted by Crippen LogP contribution is -2.37. The summed E-state index contributed by atoms with van der Waals surface area (Å²) < 4.78 is 7.47. The second-order valence-electron chi connectivity index (χ2n) is 7.15. The van der Waals surface area contributed by atoms with Crippen LogP contribution in [0, 0.1) is 0 Å². The third-order valence-corrected chi connectivity index (χ3v) is 5.44. The molecule has 0 spiro atoms. The molecule has 0 radical (unpaired) electrons. The van der Waals surface area contributed by atoms with E-state index in [0.717, 1.165) is 50.8 Å². The van der Waals surface area contributed by atoms with Crippen LogP contribution < -0.4 is 9.80 Å². The summed E-state index contributed by atoms with van der Waals surface area (Å²) in [4.78, 5) is 18.8. The zero-order valence-corrected chi connectivity index (χ0v) is 15.5. The standard InChI is InChI=1S/C19H28N6O/c1-26-14-13-24-12-8-22-17(24)16-5-4-11-25(15-16)19-18(20-6-7-21-19)23-9-2-3-10-23/h6-8,12,16H,2-5,9-11,13-15H2,1H3/t16-/m1/s1. The fourth-order valence-electron chi connectivity index (χ4n) is 4.14. The molecule has 0 amide bonds. The van der Waals surface area contributed by atoms with Gasteiger partial charge < -0.3 is 19.1 Å². The first kappa shape index (κ1) is 17.3. The van der Waals surface area contributed by atoms with Gasteiger partial charge >= 0.3 is 0 Å². The molecule has 0 aliphatic carbocycles. The molecule has 2 aliphatic heterocycles. The van der Waals surface area contributed by atoms with Gasteiger partial charge in [0, 0.05) is 70.5 Å². The monoisotopic (exact) mass is 356 g/mol. The van der Waals surface area contributed by atoms with E-state index in [4.69, 9.17) is 9.72 Å². The van der Waals surface area contributed by atoms with E-state index >= 15 is 0 Å². The zero-order valence-electron chi connectivity index (χ0n) is 15.5. The summed E-state index contributed by atoms with van der Waals surface area (Å²) in [5.74, 6) is 3.67. The minimum atomic E-state index is 0.420. The van der Waals surface area contributed by atoms with Crippen molar-refractivity contribution in [3.8, 4) is 0 Å². The van der Waals surface area contributed by atoms with Crippen molar-refractivity contribution in [2.45, 2.75) is 38.1 Å². The number of piperidine rings is 1. The molecule has 2 aromatic rings. The van der Waals surface area contributed by atoms with Crippen LogP contribution in [0.4, 0.5) is 11.6 Å². The Morgan fingerprint density at radius 1 is 0.962 bits per heavy atom. The largest absolute Gasteiger partial charge is 0.383 e. The van der Waals surface area contributed by atoms with Crippen LogP contribution in [0.5, 0.6) is 0 Å². The molecule has 2 aromatic heterocycles. The molecule has 0 saturated carbocycles. The van der Waals surface area contributed by atoms with Crippen molar-refractivity contribution in [1.82, 2.24) is 19.5 Å². The van der Waals surface area contributed by atoms with Crippen LogP contribution in [0.25, 0.3) is 0 Å². The average Bonchev–Trinajstić information content (AvgIpc) is 3.38. The summed E-state index contributed by atoms with van der Waals surface area (Å²) >= 11 is 0. The van der Waals surface area contributed by atoms with Crippen LogP contribution in [0.15, 0.2) is 24.8 Å². The molecule has 0 bridgehead atoms. The normalized spacial score (nSPS) is 20.7. The predicted octanol–water partition coefficient (Wildman–Crippen LogP) is 2.30. The van der Waals surface area contributed by atoms with Crippen molar-refractivity contribution in [3.05, 3.63) is 30.6 Å². The molecule has 2 saturated heterocycles. The van der Waals surface area contributed by atoms with Gasteiger partial charge in [0.1, 0.15) is 5.82 Å². The molecule has 0 unspecified atom stereocenters. The van der Waals surface area contributed by atoms with Crippen molar-refractivity contribution in [1.29, 1.82) is 0 Å². The lowest BCUT2D eigenvalue weighted by molar-refractivity contribution is 0.185. The molecule has 7 heteroatoms. The average molecular weight is 356 g/mol. The SMILES string of the molecule is COCCn1ccnc1[C@@H]1CCCN(c2nccnc2N2CCCC2)C1. The van der Waals surface area contributed by atoms with Crippen molar-refractivity contribution < 1.29 is 4.74 Å². The van der Waals surface area contributed by atoms with Gasteiger partial charge in [-0.05, 0) is 25.7 Å². The summed E-state index contributed by atoms with van der Waals surface area (Å²) in [6, 6.07) is 0. The fraction of sp³-hybridized carbons (Fsp3) is 0.632. The Bertz CT molecular complexity index is 712. The van der Waals surface area contributed by atoms with Crippen LogP contribution in [-0.2, 0) is 11.3 Å². The number of aromatic nitrogens is 4. The first-order valence-corrected chi connectivity index (χ1v) is 9.67. The maximum absolute atomic E-state index is 5.24. The highest BCUT2D eigenvalue weighted by molar-refractivity contribution is 5.63. The molecule has 0 aromatic carbocycles. The van der Waals surface area contributed by atoms with Gasteiger partial charge in [-0.1, -0.05) is 0 Å². The fourth-order valence-corrected chi connectivity index (χ4v) is 4.14. The third kappa shape index (κ3) is 3.53. The second kappa shape index (κ2) is 8.03. The van der Waals surface area contributed by atoms with Gasteiger partial charge in [-0.2, -0.15) is 0 Å². The van der Waals surface area contributed by atoms with E-state index in [0.29, 0.717) is 12.5 Å². The van der Waals surface area contributed by atoms with E-state index in [-0.39, 0.29) is 0 Å². The smallest absolute Gasteiger partial charge is 0.172 e. The van der Waals surface area contributed by atoms with Gasteiger partial charge in [0.15, 0.2) is 11.6 Å². The molecule has 4 rings (SSSR count). The number of rotatable bonds is 6. The highest BCUT2D eigenvalue weighted by Crippen LogP contribution is 2.33. The van der Waals surface area contributed by atoms with E-state index in [1.165, 1.54) is 25.1 Å². The Labute approximate surface area is 155 Å². The zero-order chi connectivity index (χ0) is 17.8. The maximum atomic E-state index is 5.24. The first-order chi connectivity index (χ1) is 12.9. The summed E-state index contributed by atoms with van der Waals surface area (Å²) in [5.41, 5.74) is 0. The van der Waals surface area contributed by atoms with Gasteiger partial charge in [-0.25, -0.2) is 15.0 Å². The van der Waals surface area contributed by atoms with E-state index in [1.807, 2.05) is 18.6 Å². The topological polar surface area (TPSA) is 59.3 Å². The summed E-state index contributed by atoms with van der Waals surface area (Å²) in [6.45, 7) is 5.72. The Morgan fingerprint density at radius 3 is 2.46 bits per heavy atom. The lowest BCUT2D eigenvalue weighted by Gasteiger charge is -2.35. The van der Waals surface area contributed by atoms with E-state index in [2.05, 4.69) is 30.5 Å². The number of imidazole rings is 1. The molecular weight excluding hydrogens is 328 g/mol. The summed E-state index contributed by atoms with van der Waals surface area (Å²) in [5, 5.41) is 0. The summed E-state index contributed by atoms with van der Waals surface area (Å²) in [6.07, 6.45) is 12.4. The van der Waals surface area contributed by atoms with Gasteiger partial charge in [0.25, 0.3) is 0 Å². The Hall–Kier alpha value is -2.15. The predicted molar refractivity (Wildman–Crippen MR) is 102 cm³/mol. The number of nitrogens with zero attached hydrogens (tertiary/aromatic N) is 6. The summed E-state index contributed by atoms with van der Waals surface area (Å²) in [7, 11) is 1.74. The molecular formula is C19H28N6O. The second-order valence-corrected chi connectivity index (χ2v) is 7.15. The molecule has 7 nitrogen and oxygen atoms in total. The molecule has 4 heterocycles. The lowest BCUT2D eigenvalue weighted by atomic mass is 9.97. The number of anilines is 2. The number of ether oxygens (including phenoxy) is 1. The molecule has 26 heavy (non-hydrogen) atoms. The van der Waals surface area contributed by atoms with Crippen LogP contribution in [0.2, 0.25) is 0 Å². The molecule has 2 aliphatic rings. The highest BCUT2D eigenvalue weighted by atomic mass is 16.5. The minimum absolute atomic E-state index is 0.420. The van der Waals surface area contributed by atoms with Crippen LogP contribution in [-0.4, -0.2) is 59.4 Å². The van der Waals surface area contributed by atoms with Crippen molar-refractivity contribution >= 4 is 11.6 Å². The Kier molecular flexibility index (Phi) is 5.34. The third-order valence-electron chi connectivity index (χ3n) is 5.44. The van der Waals surface area contributed by atoms with Crippen molar-refractivity contribution in [2.24, 2.45) is 0 Å². The van der Waals surface area contributed by atoms with Gasteiger partial charge in [-0.3, -0.25) is 0 Å². The number of hydrogen-bond acceptors (Lipinski definition) is 6. The molecule has 2 fully saturated rings. The van der Waals surface area contributed by atoms with Crippen molar-refractivity contribution in [3.63, 3.8) is 0 Å². The number of hydrogen-bond donors (Lipinski definition) is 0. The molecule has 0 N–H and O–H groups in total. The van der Waals surface area contributed by atoms with E-state index in [1.54, 1.807) is 7.11 Å². The highest BCUT2D eigenvalue weighted by Gasteiger charge is 2.28. The maximum Gasteiger partial charge on any atom is 0.172 e. The van der Waals surface area contributed by atoms with E-state index in [9.17, 15) is 0 Å². The minimum Gasteiger partial charge on any atom is -0.383 e. The Morgan fingerprint density at radius 2 is 1.69 bits per heavy atom. The van der Waals surface area contributed by atoms with E-state index < -0.39 is 0 Å². The van der Waals surface area contributed by atoms with Crippen molar-refractivity contribution in [2.75, 3.05) is 49.7 Å². The van der Waals surface area contributed by atoms with Crippen LogP contribution in [0.1, 0.15) is 37.4 Å². The van der Waals surface area contributed by atoms with Crippen LogP contribution in [0.3, 0.4) is 0 Å². The molecule has 140 valence electrons. The Balaban J connectivity index is 1.54. The van der Waals surface area contributed by atoms with Gasteiger partial charge in [-0.15, -0.1) is 0 Å². The number of methoxy groups -OCH3 is 1. The van der Waals surface area contributed by atoms with Gasteiger partial charge in [0.05, 0.1) is 6.61 Å². The van der Waals surface area contributed by atoms with Crippen LogP contribution >= 0.6 is 0 Å². The molecule has 1 atom stereocenters.